The van der Waals surface area contributed by atoms with Crippen molar-refractivity contribution in [2.45, 2.75) is 6.92 Å². The van der Waals surface area contributed by atoms with Gasteiger partial charge in [0.2, 0.25) is 4.91 Å². The zero-order valence-corrected chi connectivity index (χ0v) is 5.93. The van der Waals surface area contributed by atoms with E-state index in [-0.39, 0.29) is 5.82 Å². The molecular formula is C6H6N4O. The molecule has 0 aliphatic rings. The SMILES string of the molecule is Cc1ccc(N=[N+]=[N-])[n+]([O-])c1. The highest BCUT2D eigenvalue weighted by molar-refractivity contribution is 5.21. The van der Waals surface area contributed by atoms with Crippen LogP contribution in [0.3, 0.4) is 0 Å². The van der Waals surface area contributed by atoms with E-state index in [1.165, 1.54) is 12.3 Å². The minimum Gasteiger partial charge on any atom is -0.710 e. The highest BCUT2D eigenvalue weighted by atomic mass is 16.5. The molecular weight excluding hydrogens is 144 g/mol. The van der Waals surface area contributed by atoms with E-state index in [1.807, 2.05) is 0 Å². The maximum atomic E-state index is 10.9. The van der Waals surface area contributed by atoms with Crippen molar-refractivity contribution in [3.8, 4) is 0 Å². The Labute approximate surface area is 63.1 Å². The van der Waals surface area contributed by atoms with Crippen LogP contribution >= 0.6 is 0 Å². The van der Waals surface area contributed by atoms with E-state index in [1.54, 1.807) is 13.0 Å². The van der Waals surface area contributed by atoms with Crippen molar-refractivity contribution in [2.24, 2.45) is 5.11 Å². The molecule has 0 aliphatic heterocycles. The van der Waals surface area contributed by atoms with E-state index < -0.39 is 0 Å². The molecule has 1 rings (SSSR count). The van der Waals surface area contributed by atoms with Gasteiger partial charge in [-0.3, -0.25) is 0 Å². The van der Waals surface area contributed by atoms with E-state index in [0.717, 1.165) is 5.56 Å². The van der Waals surface area contributed by atoms with Gasteiger partial charge in [-0.2, -0.15) is 0 Å². The smallest absolute Gasteiger partial charge is 0.419 e. The maximum Gasteiger partial charge on any atom is 0.419 e. The number of aromatic nitrogens is 1. The third kappa shape index (κ3) is 1.59. The molecule has 0 saturated carbocycles. The van der Waals surface area contributed by atoms with Crippen molar-refractivity contribution in [1.82, 2.24) is 0 Å². The van der Waals surface area contributed by atoms with E-state index in [2.05, 4.69) is 10.0 Å². The van der Waals surface area contributed by atoms with E-state index in [0.29, 0.717) is 4.73 Å². The molecule has 11 heavy (non-hydrogen) atoms. The van der Waals surface area contributed by atoms with Crippen molar-refractivity contribution < 1.29 is 4.73 Å². The zero-order chi connectivity index (χ0) is 8.27. The van der Waals surface area contributed by atoms with E-state index in [9.17, 15) is 5.21 Å². The Hall–Kier alpha value is -1.74. The second-order valence-corrected chi connectivity index (χ2v) is 2.08. The molecule has 0 atom stereocenters. The number of nitrogens with zero attached hydrogens (tertiary/aromatic N) is 4. The van der Waals surface area contributed by atoms with Gasteiger partial charge in [-0.25, -0.2) is 4.73 Å². The molecule has 0 aliphatic carbocycles. The first-order valence-electron chi connectivity index (χ1n) is 2.99. The number of pyridine rings is 1. The van der Waals surface area contributed by atoms with Gasteiger partial charge in [0, 0.05) is 11.6 Å². The van der Waals surface area contributed by atoms with Crippen molar-refractivity contribution in [2.75, 3.05) is 0 Å². The summed E-state index contributed by atoms with van der Waals surface area (Å²) in [6.07, 6.45) is 1.35. The van der Waals surface area contributed by atoms with E-state index in [4.69, 9.17) is 5.53 Å². The van der Waals surface area contributed by atoms with Gasteiger partial charge in [0.05, 0.1) is 6.20 Å². The molecule has 1 aromatic rings. The summed E-state index contributed by atoms with van der Waals surface area (Å²) in [5, 5.41) is 14.1. The second kappa shape index (κ2) is 2.90. The highest BCUT2D eigenvalue weighted by Crippen LogP contribution is 2.04. The molecule has 1 heterocycles. The molecule has 0 aromatic carbocycles. The van der Waals surface area contributed by atoms with Gasteiger partial charge in [-0.1, -0.05) is 0 Å². The van der Waals surface area contributed by atoms with Crippen LogP contribution < -0.4 is 4.73 Å². The molecule has 0 amide bonds. The average molecular weight is 150 g/mol. The zero-order valence-electron chi connectivity index (χ0n) is 5.93. The Morgan fingerprint density at radius 3 is 2.91 bits per heavy atom. The lowest BCUT2D eigenvalue weighted by Crippen LogP contribution is -2.25. The monoisotopic (exact) mass is 150 g/mol. The molecule has 0 unspecified atom stereocenters. The van der Waals surface area contributed by atoms with Crippen molar-refractivity contribution in [3.05, 3.63) is 39.5 Å². The minimum atomic E-state index is 0.0677. The fraction of sp³-hybridized carbons (Fsp3) is 0.167. The molecule has 1 aromatic heterocycles. The fourth-order valence-electron chi connectivity index (χ4n) is 0.697. The molecule has 0 fully saturated rings. The highest BCUT2D eigenvalue weighted by Gasteiger charge is 2.08. The van der Waals surface area contributed by atoms with Crippen LogP contribution in [0.15, 0.2) is 23.4 Å². The second-order valence-electron chi connectivity index (χ2n) is 2.08. The molecule has 0 N–H and O–H groups in total. The van der Waals surface area contributed by atoms with E-state index >= 15 is 0 Å². The van der Waals surface area contributed by atoms with Gasteiger partial charge in [-0.05, 0) is 18.6 Å². The van der Waals surface area contributed by atoms with Gasteiger partial charge in [0.15, 0.2) is 0 Å². The average Bonchev–Trinajstić information content (AvgIpc) is 1.95. The Morgan fingerprint density at radius 2 is 2.36 bits per heavy atom. The number of hydrogen-bond acceptors (Lipinski definition) is 2. The van der Waals surface area contributed by atoms with Gasteiger partial charge in [0.25, 0.3) is 0 Å². The van der Waals surface area contributed by atoms with Gasteiger partial charge >= 0.3 is 10.9 Å². The van der Waals surface area contributed by atoms with Crippen molar-refractivity contribution in [3.63, 3.8) is 0 Å². The Bertz CT molecular complexity index is 316. The van der Waals surface area contributed by atoms with Crippen LogP contribution in [-0.4, -0.2) is 0 Å². The molecule has 56 valence electrons. The quantitative estimate of drug-likeness (QED) is 0.197. The van der Waals surface area contributed by atoms with Crippen LogP contribution in [0.2, 0.25) is 0 Å². The van der Waals surface area contributed by atoms with Crippen molar-refractivity contribution in [1.29, 1.82) is 0 Å². The third-order valence-corrected chi connectivity index (χ3v) is 1.19. The summed E-state index contributed by atoms with van der Waals surface area (Å²) in [6.45, 7) is 1.79. The molecule has 5 heteroatoms. The third-order valence-electron chi connectivity index (χ3n) is 1.19. The van der Waals surface area contributed by atoms with Gasteiger partial charge in [0.1, 0.15) is 0 Å². The molecule has 5 nitrogen and oxygen atoms in total. The summed E-state index contributed by atoms with van der Waals surface area (Å²) >= 11 is 0. The Morgan fingerprint density at radius 1 is 1.64 bits per heavy atom. The standard InChI is InChI=1S/C6H6N4O/c1-5-2-3-6(8-9-7)10(11)4-5/h2-4H,1H3. The predicted molar refractivity (Wildman–Crippen MR) is 38.9 cm³/mol. The summed E-state index contributed by atoms with van der Waals surface area (Å²) in [5.41, 5.74) is 8.85. The number of azide groups is 1. The van der Waals surface area contributed by atoms with Crippen molar-refractivity contribution >= 4 is 5.82 Å². The van der Waals surface area contributed by atoms with Crippen LogP contribution in [0.4, 0.5) is 5.82 Å². The van der Waals surface area contributed by atoms with Crippen LogP contribution in [0.25, 0.3) is 10.4 Å². The molecule has 0 radical (unpaired) electrons. The Kier molecular flexibility index (Phi) is 1.94. The Balaban J connectivity index is 3.19. The molecule has 0 spiro atoms. The number of hydrogen-bond donors (Lipinski definition) is 0. The topological polar surface area (TPSA) is 75.7 Å². The van der Waals surface area contributed by atoms with Crippen LogP contribution in [0.1, 0.15) is 5.56 Å². The lowest BCUT2D eigenvalue weighted by molar-refractivity contribution is -0.592. The molecule has 0 saturated heterocycles. The lowest BCUT2D eigenvalue weighted by atomic mass is 10.3. The maximum absolute atomic E-state index is 10.9. The van der Waals surface area contributed by atoms with Gasteiger partial charge in [-0.15, -0.1) is 0 Å². The minimum absolute atomic E-state index is 0.0677. The first kappa shape index (κ1) is 7.37. The first-order chi connectivity index (χ1) is 5.24. The largest absolute Gasteiger partial charge is 0.710 e. The van der Waals surface area contributed by atoms with Crippen LogP contribution in [0.5, 0.6) is 0 Å². The van der Waals surface area contributed by atoms with Gasteiger partial charge < -0.3 is 5.21 Å². The summed E-state index contributed by atoms with van der Waals surface area (Å²) in [5.74, 6) is 0.0677. The number of aryl methyl sites for hydroxylation is 1. The fourth-order valence-corrected chi connectivity index (χ4v) is 0.697. The normalized spacial score (nSPS) is 8.82. The summed E-state index contributed by atoms with van der Waals surface area (Å²) in [4.78, 5) is 2.50. The van der Waals surface area contributed by atoms with Crippen LogP contribution in [-0.2, 0) is 0 Å². The predicted octanol–water partition coefficient (Wildman–Crippen LogP) is 1.57. The number of rotatable bonds is 1. The van der Waals surface area contributed by atoms with Crippen LogP contribution in [0, 0.1) is 12.1 Å². The summed E-state index contributed by atoms with van der Waals surface area (Å²) in [6, 6.07) is 3.18. The molecule has 0 bridgehead atoms. The first-order valence-corrected chi connectivity index (χ1v) is 2.99. The summed E-state index contributed by atoms with van der Waals surface area (Å²) < 4.78 is 0.537. The summed E-state index contributed by atoms with van der Waals surface area (Å²) in [7, 11) is 0. The lowest BCUT2D eigenvalue weighted by Gasteiger charge is -1.99.